The first-order valence-corrected chi connectivity index (χ1v) is 7.10. The van der Waals surface area contributed by atoms with Crippen LogP contribution in [0.3, 0.4) is 0 Å². The summed E-state index contributed by atoms with van der Waals surface area (Å²) < 4.78 is 16.9. The summed E-state index contributed by atoms with van der Waals surface area (Å²) in [6.07, 6.45) is 1.06. The molecule has 0 aromatic rings. The van der Waals surface area contributed by atoms with Gasteiger partial charge in [-0.3, -0.25) is 9.69 Å². The average molecular weight is 288 g/mol. The summed E-state index contributed by atoms with van der Waals surface area (Å²) >= 11 is 0. The van der Waals surface area contributed by atoms with Gasteiger partial charge in [0, 0.05) is 6.42 Å². The highest BCUT2D eigenvalue weighted by molar-refractivity contribution is 5.70. The second-order valence-corrected chi connectivity index (χ2v) is 6.39. The van der Waals surface area contributed by atoms with Crippen molar-refractivity contribution in [2.24, 2.45) is 5.73 Å². The highest BCUT2D eigenvalue weighted by Gasteiger charge is 2.33. The van der Waals surface area contributed by atoms with E-state index in [0.717, 1.165) is 6.42 Å². The van der Waals surface area contributed by atoms with Gasteiger partial charge in [-0.05, 0) is 47.8 Å². The molecule has 0 radical (unpaired) electrons. The van der Waals surface area contributed by atoms with Crippen LogP contribution in [0.1, 0.15) is 40.0 Å². The smallest absolute Gasteiger partial charge is 0.308 e. The monoisotopic (exact) mass is 288 g/mol. The fourth-order valence-electron chi connectivity index (χ4n) is 2.08. The third kappa shape index (κ3) is 6.17. The van der Waals surface area contributed by atoms with Gasteiger partial charge in [0.25, 0.3) is 0 Å². The van der Waals surface area contributed by atoms with Crippen LogP contribution in [0.4, 0.5) is 0 Å². The highest BCUT2D eigenvalue weighted by Crippen LogP contribution is 2.24. The van der Waals surface area contributed by atoms with Crippen LogP contribution in [0.15, 0.2) is 0 Å². The standard InChI is InChI=1S/C14H28N2O4/c1-14(2,3)20-12(17)9-11-8-10(6-7-15)18-13(19-11)16(4)5/h10-11,13H,6-9,15H2,1-5H3/t10-,11-,13?/m1/s1. The molecule has 1 fully saturated rings. The highest BCUT2D eigenvalue weighted by atomic mass is 16.7. The van der Waals surface area contributed by atoms with Crippen molar-refractivity contribution in [2.45, 2.75) is 64.3 Å². The van der Waals surface area contributed by atoms with E-state index in [0.29, 0.717) is 13.0 Å². The molecule has 0 bridgehead atoms. The van der Waals surface area contributed by atoms with E-state index in [1.807, 2.05) is 39.8 Å². The Bertz CT molecular complexity index is 315. The zero-order valence-electron chi connectivity index (χ0n) is 13.2. The second-order valence-electron chi connectivity index (χ2n) is 6.39. The molecule has 0 spiro atoms. The number of carbonyl (C=O) groups is 1. The molecule has 1 heterocycles. The molecule has 118 valence electrons. The maximum atomic E-state index is 11.9. The van der Waals surface area contributed by atoms with Crippen LogP contribution in [-0.2, 0) is 19.0 Å². The minimum absolute atomic E-state index is 0.0218. The van der Waals surface area contributed by atoms with E-state index in [4.69, 9.17) is 19.9 Å². The summed E-state index contributed by atoms with van der Waals surface area (Å²) in [5, 5.41) is 0. The summed E-state index contributed by atoms with van der Waals surface area (Å²) in [4.78, 5) is 13.7. The van der Waals surface area contributed by atoms with Gasteiger partial charge < -0.3 is 19.9 Å². The maximum Gasteiger partial charge on any atom is 0.308 e. The Morgan fingerprint density at radius 2 is 1.90 bits per heavy atom. The predicted molar refractivity (Wildman–Crippen MR) is 76.0 cm³/mol. The van der Waals surface area contributed by atoms with E-state index in [1.165, 1.54) is 0 Å². The Balaban J connectivity index is 2.56. The van der Waals surface area contributed by atoms with Gasteiger partial charge in [-0.1, -0.05) is 0 Å². The van der Waals surface area contributed by atoms with E-state index in [1.54, 1.807) is 0 Å². The first-order chi connectivity index (χ1) is 9.21. The summed E-state index contributed by atoms with van der Waals surface area (Å²) in [6, 6.07) is 0. The summed E-state index contributed by atoms with van der Waals surface area (Å²) in [5.41, 5.74) is 5.11. The number of esters is 1. The SMILES string of the molecule is CN(C)C1O[C@H](CCN)C[C@H](CC(=O)OC(C)(C)C)O1. The van der Waals surface area contributed by atoms with Crippen molar-refractivity contribution in [1.29, 1.82) is 0 Å². The van der Waals surface area contributed by atoms with Gasteiger partial charge >= 0.3 is 5.97 Å². The molecule has 1 aliphatic rings. The molecule has 0 amide bonds. The molecule has 6 heteroatoms. The van der Waals surface area contributed by atoms with Crippen molar-refractivity contribution in [3.63, 3.8) is 0 Å². The van der Waals surface area contributed by atoms with Gasteiger partial charge in [0.15, 0.2) is 0 Å². The van der Waals surface area contributed by atoms with Gasteiger partial charge in [0.2, 0.25) is 6.41 Å². The normalized spacial score (nSPS) is 27.6. The molecule has 6 nitrogen and oxygen atoms in total. The van der Waals surface area contributed by atoms with Gasteiger partial charge in [-0.2, -0.15) is 0 Å². The Hall–Kier alpha value is -0.690. The Morgan fingerprint density at radius 3 is 2.40 bits per heavy atom. The lowest BCUT2D eigenvalue weighted by atomic mass is 10.0. The third-order valence-electron chi connectivity index (χ3n) is 2.87. The minimum atomic E-state index is -0.472. The molecule has 1 rings (SSSR count). The van der Waals surface area contributed by atoms with E-state index in [-0.39, 0.29) is 24.6 Å². The first kappa shape index (κ1) is 17.4. The molecule has 1 aliphatic heterocycles. The van der Waals surface area contributed by atoms with Crippen molar-refractivity contribution in [2.75, 3.05) is 20.6 Å². The summed E-state index contributed by atoms with van der Waals surface area (Å²) in [5.74, 6) is -0.242. The van der Waals surface area contributed by atoms with Crippen LogP contribution in [0, 0.1) is 0 Å². The maximum absolute atomic E-state index is 11.9. The third-order valence-corrected chi connectivity index (χ3v) is 2.87. The molecule has 1 saturated heterocycles. The molecular weight excluding hydrogens is 260 g/mol. The van der Waals surface area contributed by atoms with Crippen LogP contribution in [0.25, 0.3) is 0 Å². The number of hydrogen-bond donors (Lipinski definition) is 1. The van der Waals surface area contributed by atoms with Gasteiger partial charge in [-0.15, -0.1) is 0 Å². The van der Waals surface area contributed by atoms with Gasteiger partial charge in [0.1, 0.15) is 5.60 Å². The molecule has 0 saturated carbocycles. The predicted octanol–water partition coefficient (Wildman–Crippen LogP) is 1.09. The molecule has 3 atom stereocenters. The molecule has 0 aliphatic carbocycles. The first-order valence-electron chi connectivity index (χ1n) is 7.10. The summed E-state index contributed by atoms with van der Waals surface area (Å²) in [7, 11) is 3.75. The Labute approximate surface area is 121 Å². The van der Waals surface area contributed by atoms with E-state index in [2.05, 4.69) is 0 Å². The minimum Gasteiger partial charge on any atom is -0.460 e. The molecule has 0 aromatic carbocycles. The van der Waals surface area contributed by atoms with Crippen molar-refractivity contribution in [3.05, 3.63) is 0 Å². The molecular formula is C14H28N2O4. The lowest BCUT2D eigenvalue weighted by molar-refractivity contribution is -0.293. The quantitative estimate of drug-likeness (QED) is 0.763. The Morgan fingerprint density at radius 1 is 1.30 bits per heavy atom. The number of rotatable bonds is 5. The van der Waals surface area contributed by atoms with Crippen molar-refractivity contribution in [1.82, 2.24) is 4.90 Å². The van der Waals surface area contributed by atoms with Crippen molar-refractivity contribution >= 4 is 5.97 Å². The lowest BCUT2D eigenvalue weighted by Crippen LogP contribution is -2.46. The van der Waals surface area contributed by atoms with Crippen LogP contribution in [0.5, 0.6) is 0 Å². The largest absolute Gasteiger partial charge is 0.460 e. The fourth-order valence-corrected chi connectivity index (χ4v) is 2.08. The molecule has 20 heavy (non-hydrogen) atoms. The number of nitrogens with zero attached hydrogens (tertiary/aromatic N) is 1. The van der Waals surface area contributed by atoms with E-state index in [9.17, 15) is 4.79 Å². The van der Waals surface area contributed by atoms with Crippen LogP contribution >= 0.6 is 0 Å². The topological polar surface area (TPSA) is 74.0 Å². The van der Waals surface area contributed by atoms with E-state index < -0.39 is 12.0 Å². The summed E-state index contributed by atoms with van der Waals surface area (Å²) in [6.45, 7) is 6.13. The van der Waals surface area contributed by atoms with Crippen molar-refractivity contribution < 1.29 is 19.0 Å². The number of nitrogens with two attached hydrogens (primary N) is 1. The average Bonchev–Trinajstić information content (AvgIpc) is 2.26. The second kappa shape index (κ2) is 7.36. The number of hydrogen-bond acceptors (Lipinski definition) is 6. The van der Waals surface area contributed by atoms with Gasteiger partial charge in [-0.25, -0.2) is 0 Å². The van der Waals surface area contributed by atoms with Crippen LogP contribution < -0.4 is 5.73 Å². The molecule has 0 aromatic heterocycles. The molecule has 2 N–H and O–H groups in total. The Kier molecular flexibility index (Phi) is 6.39. The number of ether oxygens (including phenoxy) is 3. The zero-order valence-corrected chi connectivity index (χ0v) is 13.2. The molecule has 1 unspecified atom stereocenters. The van der Waals surface area contributed by atoms with E-state index >= 15 is 0 Å². The van der Waals surface area contributed by atoms with Gasteiger partial charge in [0.05, 0.1) is 18.6 Å². The van der Waals surface area contributed by atoms with Crippen LogP contribution in [-0.4, -0.2) is 55.7 Å². The zero-order chi connectivity index (χ0) is 15.3. The van der Waals surface area contributed by atoms with Crippen LogP contribution in [0.2, 0.25) is 0 Å². The lowest BCUT2D eigenvalue weighted by Gasteiger charge is -2.38. The van der Waals surface area contributed by atoms with Crippen molar-refractivity contribution in [3.8, 4) is 0 Å². The fraction of sp³-hybridized carbons (Fsp3) is 0.929. The number of carbonyl (C=O) groups excluding carboxylic acids is 1.